The van der Waals surface area contributed by atoms with Gasteiger partial charge in [-0.25, -0.2) is 4.79 Å². The number of anilines is 1. The first-order valence-corrected chi connectivity index (χ1v) is 6.04. The van der Waals surface area contributed by atoms with Crippen LogP contribution in [0.4, 0.5) is 5.69 Å². The SMILES string of the molecule is Cc1noc(C)c1C(=O)Nc1cc(Cl)cc(C(=O)O)c1. The van der Waals surface area contributed by atoms with Crippen molar-refractivity contribution in [1.29, 1.82) is 0 Å². The normalized spacial score (nSPS) is 10.3. The molecular weight excluding hydrogens is 284 g/mol. The van der Waals surface area contributed by atoms with Gasteiger partial charge in [0.05, 0.1) is 11.3 Å². The third-order valence-corrected chi connectivity index (χ3v) is 2.88. The van der Waals surface area contributed by atoms with Crippen molar-refractivity contribution in [1.82, 2.24) is 5.16 Å². The van der Waals surface area contributed by atoms with Crippen molar-refractivity contribution in [2.45, 2.75) is 13.8 Å². The van der Waals surface area contributed by atoms with Gasteiger partial charge in [0.25, 0.3) is 5.91 Å². The Morgan fingerprint density at radius 2 is 2.00 bits per heavy atom. The fourth-order valence-electron chi connectivity index (χ4n) is 1.79. The van der Waals surface area contributed by atoms with Crippen LogP contribution in [0.25, 0.3) is 0 Å². The summed E-state index contributed by atoms with van der Waals surface area (Å²) in [5, 5.41) is 15.4. The highest BCUT2D eigenvalue weighted by molar-refractivity contribution is 6.31. The predicted octanol–water partition coefficient (Wildman–Crippen LogP) is 2.90. The van der Waals surface area contributed by atoms with Crippen LogP contribution >= 0.6 is 11.6 Å². The monoisotopic (exact) mass is 294 g/mol. The van der Waals surface area contributed by atoms with Crippen molar-refractivity contribution in [3.05, 3.63) is 45.8 Å². The summed E-state index contributed by atoms with van der Waals surface area (Å²) in [6.07, 6.45) is 0. The van der Waals surface area contributed by atoms with Gasteiger partial charge in [0, 0.05) is 10.7 Å². The lowest BCUT2D eigenvalue weighted by Gasteiger charge is -2.06. The van der Waals surface area contributed by atoms with Crippen LogP contribution in [0.2, 0.25) is 5.02 Å². The van der Waals surface area contributed by atoms with E-state index >= 15 is 0 Å². The van der Waals surface area contributed by atoms with Crippen molar-refractivity contribution < 1.29 is 19.2 Å². The Bertz CT molecular complexity index is 674. The first-order chi connectivity index (χ1) is 9.38. The molecule has 1 heterocycles. The molecule has 0 atom stereocenters. The summed E-state index contributed by atoms with van der Waals surface area (Å²) in [6, 6.07) is 4.09. The van der Waals surface area contributed by atoms with E-state index in [1.54, 1.807) is 13.8 Å². The number of aryl methyl sites for hydroxylation is 2. The summed E-state index contributed by atoms with van der Waals surface area (Å²) < 4.78 is 4.91. The summed E-state index contributed by atoms with van der Waals surface area (Å²) >= 11 is 5.82. The quantitative estimate of drug-likeness (QED) is 0.908. The zero-order valence-corrected chi connectivity index (χ0v) is 11.5. The molecule has 2 N–H and O–H groups in total. The molecule has 104 valence electrons. The van der Waals surface area contributed by atoms with E-state index in [9.17, 15) is 9.59 Å². The molecule has 1 amide bonds. The molecule has 0 saturated carbocycles. The minimum Gasteiger partial charge on any atom is -0.478 e. The van der Waals surface area contributed by atoms with Gasteiger partial charge in [0.2, 0.25) is 0 Å². The van der Waals surface area contributed by atoms with Crippen LogP contribution in [0.15, 0.2) is 22.7 Å². The lowest BCUT2D eigenvalue weighted by molar-refractivity contribution is 0.0696. The molecular formula is C13H11ClN2O4. The van der Waals surface area contributed by atoms with Gasteiger partial charge in [-0.15, -0.1) is 0 Å². The zero-order valence-electron chi connectivity index (χ0n) is 10.7. The van der Waals surface area contributed by atoms with Crippen LogP contribution in [-0.2, 0) is 0 Å². The molecule has 1 aromatic heterocycles. The van der Waals surface area contributed by atoms with Gasteiger partial charge in [0.1, 0.15) is 11.3 Å². The number of hydrogen-bond acceptors (Lipinski definition) is 4. The number of rotatable bonds is 3. The molecule has 0 spiro atoms. The first kappa shape index (κ1) is 14.1. The minimum atomic E-state index is -1.12. The first-order valence-electron chi connectivity index (χ1n) is 5.66. The van der Waals surface area contributed by atoms with E-state index in [1.807, 2.05) is 0 Å². The molecule has 0 radical (unpaired) electrons. The summed E-state index contributed by atoms with van der Waals surface area (Å²) in [5.74, 6) is -1.17. The standard InChI is InChI=1S/C13H11ClN2O4/c1-6-11(7(2)20-16-6)12(17)15-10-4-8(13(18)19)3-9(14)5-10/h3-5H,1-2H3,(H,15,17)(H,18,19). The maximum atomic E-state index is 12.1. The van der Waals surface area contributed by atoms with E-state index < -0.39 is 11.9 Å². The Kier molecular flexibility index (Phi) is 3.76. The Balaban J connectivity index is 2.31. The van der Waals surface area contributed by atoms with Crippen LogP contribution in [-0.4, -0.2) is 22.1 Å². The molecule has 7 heteroatoms. The lowest BCUT2D eigenvalue weighted by Crippen LogP contribution is -2.14. The van der Waals surface area contributed by atoms with Crippen LogP contribution in [0.1, 0.15) is 32.2 Å². The average molecular weight is 295 g/mol. The van der Waals surface area contributed by atoms with Crippen molar-refractivity contribution in [3.63, 3.8) is 0 Å². The average Bonchev–Trinajstić information content (AvgIpc) is 2.68. The van der Waals surface area contributed by atoms with Gasteiger partial charge in [-0.1, -0.05) is 16.8 Å². The smallest absolute Gasteiger partial charge is 0.335 e. The van der Waals surface area contributed by atoms with Crippen LogP contribution in [0.5, 0.6) is 0 Å². The maximum Gasteiger partial charge on any atom is 0.335 e. The van der Waals surface area contributed by atoms with Gasteiger partial charge in [0.15, 0.2) is 0 Å². The number of aromatic nitrogens is 1. The summed E-state index contributed by atoms with van der Waals surface area (Å²) in [5.41, 5.74) is 1.06. The number of nitrogens with one attached hydrogen (secondary N) is 1. The third kappa shape index (κ3) is 2.80. The second-order valence-electron chi connectivity index (χ2n) is 4.19. The minimum absolute atomic E-state index is 0.00781. The van der Waals surface area contributed by atoms with Gasteiger partial charge in [-0.2, -0.15) is 0 Å². The van der Waals surface area contributed by atoms with Crippen LogP contribution in [0.3, 0.4) is 0 Å². The highest BCUT2D eigenvalue weighted by Crippen LogP contribution is 2.21. The van der Waals surface area contributed by atoms with Gasteiger partial charge in [-0.3, -0.25) is 4.79 Å². The van der Waals surface area contributed by atoms with E-state index in [0.29, 0.717) is 22.7 Å². The Morgan fingerprint density at radius 3 is 2.55 bits per heavy atom. The second-order valence-corrected chi connectivity index (χ2v) is 4.62. The molecule has 0 saturated heterocycles. The molecule has 0 aliphatic heterocycles. The van der Waals surface area contributed by atoms with E-state index in [-0.39, 0.29) is 10.6 Å². The van der Waals surface area contributed by atoms with E-state index in [1.165, 1.54) is 18.2 Å². The molecule has 6 nitrogen and oxygen atoms in total. The number of aromatic carboxylic acids is 1. The molecule has 0 fully saturated rings. The summed E-state index contributed by atoms with van der Waals surface area (Å²) in [4.78, 5) is 23.0. The second kappa shape index (κ2) is 5.34. The Morgan fingerprint density at radius 1 is 1.30 bits per heavy atom. The number of carbonyl (C=O) groups is 2. The Hall–Kier alpha value is -2.34. The topological polar surface area (TPSA) is 92.4 Å². The summed E-state index contributed by atoms with van der Waals surface area (Å²) in [7, 11) is 0. The van der Waals surface area contributed by atoms with E-state index in [2.05, 4.69) is 10.5 Å². The summed E-state index contributed by atoms with van der Waals surface area (Å²) in [6.45, 7) is 3.27. The lowest BCUT2D eigenvalue weighted by atomic mass is 10.1. The van der Waals surface area contributed by atoms with Gasteiger partial charge >= 0.3 is 5.97 Å². The third-order valence-electron chi connectivity index (χ3n) is 2.66. The zero-order chi connectivity index (χ0) is 14.9. The van der Waals surface area contributed by atoms with Gasteiger partial charge in [-0.05, 0) is 32.0 Å². The number of nitrogens with zero attached hydrogens (tertiary/aromatic N) is 1. The molecule has 20 heavy (non-hydrogen) atoms. The number of hydrogen-bond donors (Lipinski definition) is 2. The fraction of sp³-hybridized carbons (Fsp3) is 0.154. The number of carboxylic acid groups (broad SMARTS) is 1. The van der Waals surface area contributed by atoms with Crippen molar-refractivity contribution in [2.24, 2.45) is 0 Å². The van der Waals surface area contributed by atoms with Crippen LogP contribution < -0.4 is 5.32 Å². The fourth-order valence-corrected chi connectivity index (χ4v) is 2.02. The molecule has 1 aromatic carbocycles. The molecule has 0 aliphatic rings. The molecule has 0 bridgehead atoms. The van der Waals surface area contributed by atoms with Crippen molar-refractivity contribution in [2.75, 3.05) is 5.32 Å². The van der Waals surface area contributed by atoms with Crippen molar-refractivity contribution >= 4 is 29.2 Å². The van der Waals surface area contributed by atoms with Gasteiger partial charge < -0.3 is 14.9 Å². The van der Waals surface area contributed by atoms with E-state index in [0.717, 1.165) is 0 Å². The predicted molar refractivity (Wildman–Crippen MR) is 72.3 cm³/mol. The van der Waals surface area contributed by atoms with Crippen molar-refractivity contribution in [3.8, 4) is 0 Å². The Labute approximate surface area is 119 Å². The maximum absolute atomic E-state index is 12.1. The highest BCUT2D eigenvalue weighted by Gasteiger charge is 2.18. The molecule has 2 rings (SSSR count). The molecule has 0 aliphatic carbocycles. The number of halogens is 1. The number of benzene rings is 1. The van der Waals surface area contributed by atoms with E-state index in [4.69, 9.17) is 21.2 Å². The largest absolute Gasteiger partial charge is 0.478 e. The number of amides is 1. The number of carboxylic acids is 1. The molecule has 0 unspecified atom stereocenters. The highest BCUT2D eigenvalue weighted by atomic mass is 35.5. The number of carbonyl (C=O) groups excluding carboxylic acids is 1. The molecule has 2 aromatic rings. The van der Waals surface area contributed by atoms with Crippen LogP contribution in [0, 0.1) is 13.8 Å².